The number of methoxy groups -OCH3 is 1. The lowest BCUT2D eigenvalue weighted by molar-refractivity contribution is 0.411. The number of aryl methyl sites for hydroxylation is 1. The van der Waals surface area contributed by atoms with Crippen LogP contribution in [0, 0.1) is 21.8 Å². The van der Waals surface area contributed by atoms with Crippen molar-refractivity contribution in [2.75, 3.05) is 7.11 Å². The third-order valence-corrected chi connectivity index (χ3v) is 2.64. The molecule has 0 spiro atoms. The van der Waals surface area contributed by atoms with Gasteiger partial charge in [0.1, 0.15) is 11.8 Å². The van der Waals surface area contributed by atoms with Gasteiger partial charge in [0.05, 0.1) is 16.2 Å². The van der Waals surface area contributed by atoms with Gasteiger partial charge in [-0.3, -0.25) is 0 Å². The van der Waals surface area contributed by atoms with E-state index >= 15 is 0 Å². The highest BCUT2D eigenvalue weighted by molar-refractivity contribution is 14.1. The minimum Gasteiger partial charge on any atom is -0.496 e. The third kappa shape index (κ3) is 1.69. The van der Waals surface area contributed by atoms with Crippen LogP contribution in [0.5, 0.6) is 5.75 Å². The topological polar surface area (TPSA) is 33.0 Å². The summed E-state index contributed by atoms with van der Waals surface area (Å²) in [4.78, 5) is 0. The van der Waals surface area contributed by atoms with Crippen LogP contribution < -0.4 is 4.74 Å². The van der Waals surface area contributed by atoms with Crippen molar-refractivity contribution in [3.8, 4) is 11.8 Å². The normalized spacial score (nSPS) is 9.17. The van der Waals surface area contributed by atoms with Gasteiger partial charge in [0, 0.05) is 0 Å². The zero-order chi connectivity index (χ0) is 9.14. The molecule has 62 valence electrons. The van der Waals surface area contributed by atoms with E-state index in [1.165, 1.54) is 0 Å². The van der Waals surface area contributed by atoms with Crippen molar-refractivity contribution in [3.63, 3.8) is 0 Å². The smallest absolute Gasteiger partial charge is 0.133 e. The molecule has 0 aromatic heterocycles. The van der Waals surface area contributed by atoms with Gasteiger partial charge in [-0.25, -0.2) is 0 Å². The Bertz CT molecular complexity index is 341. The molecule has 0 aliphatic rings. The maximum Gasteiger partial charge on any atom is 0.133 e. The molecular formula is C9H8INO. The molecule has 0 amide bonds. The summed E-state index contributed by atoms with van der Waals surface area (Å²) in [6.07, 6.45) is 0. The summed E-state index contributed by atoms with van der Waals surface area (Å²) in [6, 6.07) is 5.89. The summed E-state index contributed by atoms with van der Waals surface area (Å²) in [6.45, 7) is 1.94. The molecule has 0 N–H and O–H groups in total. The van der Waals surface area contributed by atoms with Gasteiger partial charge in [0.25, 0.3) is 0 Å². The Morgan fingerprint density at radius 3 is 2.67 bits per heavy atom. The van der Waals surface area contributed by atoms with E-state index in [1.54, 1.807) is 7.11 Å². The van der Waals surface area contributed by atoms with E-state index in [1.807, 2.05) is 19.1 Å². The van der Waals surface area contributed by atoms with E-state index in [4.69, 9.17) is 10.00 Å². The van der Waals surface area contributed by atoms with Crippen molar-refractivity contribution in [1.29, 1.82) is 5.26 Å². The number of benzene rings is 1. The molecule has 0 bridgehead atoms. The molecule has 1 rings (SSSR count). The van der Waals surface area contributed by atoms with Crippen molar-refractivity contribution < 1.29 is 4.74 Å². The number of nitrogens with zero attached hydrogens (tertiary/aromatic N) is 1. The predicted molar refractivity (Wildman–Crippen MR) is 55.2 cm³/mol. The lowest BCUT2D eigenvalue weighted by atomic mass is 10.1. The highest BCUT2D eigenvalue weighted by Crippen LogP contribution is 2.25. The summed E-state index contributed by atoms with van der Waals surface area (Å²) in [7, 11) is 1.61. The van der Waals surface area contributed by atoms with Crippen LogP contribution in [0.3, 0.4) is 0 Å². The minimum atomic E-state index is 0.674. The first kappa shape index (κ1) is 9.33. The fraction of sp³-hybridized carbons (Fsp3) is 0.222. The van der Waals surface area contributed by atoms with Crippen LogP contribution in [0.1, 0.15) is 11.1 Å². The van der Waals surface area contributed by atoms with E-state index in [0.717, 1.165) is 14.9 Å². The minimum absolute atomic E-state index is 0.674. The molecule has 0 aliphatic heterocycles. The molecule has 0 saturated carbocycles. The van der Waals surface area contributed by atoms with Gasteiger partial charge < -0.3 is 4.74 Å². The molecule has 0 radical (unpaired) electrons. The molecule has 0 fully saturated rings. The summed E-state index contributed by atoms with van der Waals surface area (Å²) < 4.78 is 5.99. The number of ether oxygens (including phenoxy) is 1. The van der Waals surface area contributed by atoms with Crippen LogP contribution in [-0.2, 0) is 0 Å². The van der Waals surface area contributed by atoms with E-state index in [-0.39, 0.29) is 0 Å². The van der Waals surface area contributed by atoms with E-state index in [9.17, 15) is 0 Å². The Morgan fingerprint density at radius 2 is 2.17 bits per heavy atom. The molecule has 0 heterocycles. The average molecular weight is 273 g/mol. The van der Waals surface area contributed by atoms with E-state index in [0.29, 0.717) is 5.56 Å². The molecule has 2 nitrogen and oxygen atoms in total. The molecule has 1 aromatic rings. The standard InChI is InChI=1S/C9H8INO/c1-6-3-7(5-11)9(10)8(4-6)12-2/h3-4H,1-2H3. The Kier molecular flexibility index (Phi) is 2.93. The SMILES string of the molecule is COc1cc(C)cc(C#N)c1I. The summed E-state index contributed by atoms with van der Waals surface area (Å²) in [5, 5.41) is 8.75. The average Bonchev–Trinajstić information content (AvgIpc) is 2.08. The van der Waals surface area contributed by atoms with Gasteiger partial charge in [-0.05, 0) is 47.2 Å². The lowest BCUT2D eigenvalue weighted by Crippen LogP contribution is -1.91. The number of hydrogen-bond acceptors (Lipinski definition) is 2. The second-order valence-electron chi connectivity index (χ2n) is 2.44. The second-order valence-corrected chi connectivity index (χ2v) is 3.52. The highest BCUT2D eigenvalue weighted by Gasteiger charge is 2.05. The van der Waals surface area contributed by atoms with Crippen molar-refractivity contribution >= 4 is 22.6 Å². The van der Waals surface area contributed by atoms with Crippen LogP contribution in [-0.4, -0.2) is 7.11 Å². The zero-order valence-corrected chi connectivity index (χ0v) is 9.05. The van der Waals surface area contributed by atoms with Crippen LogP contribution in [0.25, 0.3) is 0 Å². The molecular weight excluding hydrogens is 265 g/mol. The van der Waals surface area contributed by atoms with Crippen LogP contribution in [0.15, 0.2) is 12.1 Å². The molecule has 3 heteroatoms. The van der Waals surface area contributed by atoms with Gasteiger partial charge in [0.2, 0.25) is 0 Å². The third-order valence-electron chi connectivity index (χ3n) is 1.52. The monoisotopic (exact) mass is 273 g/mol. The van der Waals surface area contributed by atoms with Crippen LogP contribution >= 0.6 is 22.6 Å². The Balaban J connectivity index is 3.34. The molecule has 0 unspecified atom stereocenters. The van der Waals surface area contributed by atoms with Gasteiger partial charge in [-0.15, -0.1) is 0 Å². The highest BCUT2D eigenvalue weighted by atomic mass is 127. The second kappa shape index (κ2) is 3.76. The van der Waals surface area contributed by atoms with Crippen LogP contribution in [0.2, 0.25) is 0 Å². The van der Waals surface area contributed by atoms with E-state index in [2.05, 4.69) is 28.7 Å². The quantitative estimate of drug-likeness (QED) is 0.736. The predicted octanol–water partition coefficient (Wildman–Crippen LogP) is 2.48. The number of rotatable bonds is 1. The number of nitriles is 1. The first-order valence-corrected chi connectivity index (χ1v) is 4.51. The maximum absolute atomic E-state index is 8.75. The number of halogens is 1. The Hall–Kier alpha value is -0.760. The first-order valence-electron chi connectivity index (χ1n) is 3.43. The first-order chi connectivity index (χ1) is 5.69. The largest absolute Gasteiger partial charge is 0.496 e. The van der Waals surface area contributed by atoms with E-state index < -0.39 is 0 Å². The fourth-order valence-electron chi connectivity index (χ4n) is 0.965. The molecule has 0 atom stereocenters. The Morgan fingerprint density at radius 1 is 1.50 bits per heavy atom. The number of hydrogen-bond donors (Lipinski definition) is 0. The lowest BCUT2D eigenvalue weighted by Gasteiger charge is -2.05. The van der Waals surface area contributed by atoms with Gasteiger partial charge in [0.15, 0.2) is 0 Å². The fourth-order valence-corrected chi connectivity index (χ4v) is 1.62. The van der Waals surface area contributed by atoms with Crippen molar-refractivity contribution in [1.82, 2.24) is 0 Å². The maximum atomic E-state index is 8.75. The van der Waals surface area contributed by atoms with Crippen molar-refractivity contribution in [2.45, 2.75) is 6.92 Å². The van der Waals surface area contributed by atoms with Gasteiger partial charge in [-0.1, -0.05) is 0 Å². The summed E-state index contributed by atoms with van der Waals surface area (Å²) >= 11 is 2.11. The molecule has 0 saturated heterocycles. The summed E-state index contributed by atoms with van der Waals surface area (Å²) in [5.74, 6) is 0.771. The molecule has 12 heavy (non-hydrogen) atoms. The van der Waals surface area contributed by atoms with Crippen LogP contribution in [0.4, 0.5) is 0 Å². The van der Waals surface area contributed by atoms with Gasteiger partial charge in [-0.2, -0.15) is 5.26 Å². The molecule has 1 aromatic carbocycles. The zero-order valence-electron chi connectivity index (χ0n) is 6.89. The van der Waals surface area contributed by atoms with Gasteiger partial charge >= 0.3 is 0 Å². The molecule has 0 aliphatic carbocycles. The van der Waals surface area contributed by atoms with Crippen molar-refractivity contribution in [3.05, 3.63) is 26.8 Å². The Labute approximate surface area is 85.3 Å². The van der Waals surface area contributed by atoms with Crippen molar-refractivity contribution in [2.24, 2.45) is 0 Å². The summed E-state index contributed by atoms with van der Waals surface area (Å²) in [5.41, 5.74) is 1.72.